The summed E-state index contributed by atoms with van der Waals surface area (Å²) in [4.78, 5) is 35.8. The largest absolute Gasteiger partial charge is 0.480 e. The van der Waals surface area contributed by atoms with Gasteiger partial charge in [-0.1, -0.05) is 0 Å². The molecule has 0 spiro atoms. The minimum absolute atomic E-state index is 0.0702. The van der Waals surface area contributed by atoms with Crippen molar-refractivity contribution in [3.8, 4) is 0 Å². The van der Waals surface area contributed by atoms with Crippen molar-refractivity contribution in [2.24, 2.45) is 5.92 Å². The van der Waals surface area contributed by atoms with Gasteiger partial charge < -0.3 is 20.1 Å². The zero-order valence-electron chi connectivity index (χ0n) is 11.2. The van der Waals surface area contributed by atoms with E-state index in [1.165, 1.54) is 6.92 Å². The van der Waals surface area contributed by atoms with E-state index in [1.807, 2.05) is 0 Å². The Morgan fingerprint density at radius 2 is 2.26 bits per heavy atom. The summed E-state index contributed by atoms with van der Waals surface area (Å²) in [6.45, 7) is 2.87. The van der Waals surface area contributed by atoms with Gasteiger partial charge in [0.25, 0.3) is 0 Å². The number of hydrogen-bond acceptors (Lipinski definition) is 4. The molecule has 0 aromatic heterocycles. The lowest BCUT2D eigenvalue weighted by molar-refractivity contribution is -0.141. The van der Waals surface area contributed by atoms with E-state index in [1.54, 1.807) is 12.0 Å². The normalized spacial score (nSPS) is 20.4. The van der Waals surface area contributed by atoms with Crippen LogP contribution in [0.2, 0.25) is 0 Å². The van der Waals surface area contributed by atoms with Crippen LogP contribution in [-0.2, 0) is 19.1 Å². The Kier molecular flexibility index (Phi) is 5.75. The van der Waals surface area contributed by atoms with E-state index in [0.717, 1.165) is 6.42 Å². The summed E-state index contributed by atoms with van der Waals surface area (Å²) in [5.74, 6) is -2.00. The molecule has 108 valence electrons. The Labute approximate surface area is 111 Å². The highest BCUT2D eigenvalue weighted by atomic mass is 16.5. The molecule has 0 bridgehead atoms. The van der Waals surface area contributed by atoms with Gasteiger partial charge in [0.05, 0.1) is 5.92 Å². The van der Waals surface area contributed by atoms with E-state index in [0.29, 0.717) is 19.7 Å². The second-order valence-corrected chi connectivity index (χ2v) is 4.66. The molecule has 0 saturated carbocycles. The van der Waals surface area contributed by atoms with Gasteiger partial charge in [0, 0.05) is 33.2 Å². The number of methoxy groups -OCH3 is 1. The number of likely N-dealkylation sites (tertiary alicyclic amines) is 1. The maximum absolute atomic E-state index is 11.8. The SMILES string of the molecule is COCCCN1CC(C(=O)NC(C)C(=O)O)CC1=O. The van der Waals surface area contributed by atoms with Gasteiger partial charge >= 0.3 is 5.97 Å². The van der Waals surface area contributed by atoms with Crippen molar-refractivity contribution in [2.75, 3.05) is 26.8 Å². The topological polar surface area (TPSA) is 95.9 Å². The van der Waals surface area contributed by atoms with Crippen LogP contribution in [0.1, 0.15) is 19.8 Å². The van der Waals surface area contributed by atoms with E-state index in [9.17, 15) is 14.4 Å². The fraction of sp³-hybridized carbons (Fsp3) is 0.750. The molecule has 0 radical (unpaired) electrons. The number of amides is 2. The first-order valence-corrected chi connectivity index (χ1v) is 6.25. The molecule has 0 aromatic rings. The van der Waals surface area contributed by atoms with Gasteiger partial charge in [-0.05, 0) is 13.3 Å². The van der Waals surface area contributed by atoms with Gasteiger partial charge in [-0.3, -0.25) is 14.4 Å². The van der Waals surface area contributed by atoms with Crippen LogP contribution in [-0.4, -0.2) is 60.6 Å². The summed E-state index contributed by atoms with van der Waals surface area (Å²) in [6, 6.07) is -0.940. The van der Waals surface area contributed by atoms with E-state index in [2.05, 4.69) is 5.32 Å². The van der Waals surface area contributed by atoms with Crippen molar-refractivity contribution >= 4 is 17.8 Å². The van der Waals surface area contributed by atoms with Crippen LogP contribution < -0.4 is 5.32 Å². The van der Waals surface area contributed by atoms with Crippen LogP contribution >= 0.6 is 0 Å². The van der Waals surface area contributed by atoms with E-state index in [4.69, 9.17) is 9.84 Å². The minimum Gasteiger partial charge on any atom is -0.480 e. The molecule has 0 aromatic carbocycles. The van der Waals surface area contributed by atoms with Crippen LogP contribution in [0.15, 0.2) is 0 Å². The lowest BCUT2D eigenvalue weighted by atomic mass is 10.1. The molecule has 1 rings (SSSR count). The molecule has 1 saturated heterocycles. The third kappa shape index (κ3) is 4.51. The molecule has 2 amide bonds. The summed E-state index contributed by atoms with van der Waals surface area (Å²) in [5, 5.41) is 11.1. The smallest absolute Gasteiger partial charge is 0.325 e. The molecule has 1 fully saturated rings. The average Bonchev–Trinajstić information content (AvgIpc) is 2.71. The number of nitrogens with zero attached hydrogens (tertiary/aromatic N) is 1. The number of ether oxygens (including phenoxy) is 1. The summed E-state index contributed by atoms with van der Waals surface area (Å²) in [6.07, 6.45) is 0.868. The summed E-state index contributed by atoms with van der Waals surface area (Å²) in [7, 11) is 1.59. The molecule has 0 aliphatic carbocycles. The Morgan fingerprint density at radius 3 is 2.84 bits per heavy atom. The number of hydrogen-bond donors (Lipinski definition) is 2. The number of carbonyl (C=O) groups excluding carboxylic acids is 2. The molecule has 1 heterocycles. The van der Waals surface area contributed by atoms with Gasteiger partial charge in [-0.25, -0.2) is 0 Å². The zero-order valence-corrected chi connectivity index (χ0v) is 11.2. The molecule has 7 heteroatoms. The van der Waals surface area contributed by atoms with Crippen LogP contribution in [0.5, 0.6) is 0 Å². The lowest BCUT2D eigenvalue weighted by Crippen LogP contribution is -2.42. The first-order valence-electron chi connectivity index (χ1n) is 6.25. The van der Waals surface area contributed by atoms with Crippen LogP contribution in [0, 0.1) is 5.92 Å². The van der Waals surface area contributed by atoms with Crippen molar-refractivity contribution in [3.05, 3.63) is 0 Å². The number of nitrogens with one attached hydrogen (secondary N) is 1. The Hall–Kier alpha value is -1.63. The first-order chi connectivity index (χ1) is 8.95. The van der Waals surface area contributed by atoms with E-state index >= 15 is 0 Å². The molecular weight excluding hydrogens is 252 g/mol. The second-order valence-electron chi connectivity index (χ2n) is 4.66. The number of carboxylic acid groups (broad SMARTS) is 1. The van der Waals surface area contributed by atoms with Crippen LogP contribution in [0.25, 0.3) is 0 Å². The van der Waals surface area contributed by atoms with Crippen molar-refractivity contribution in [2.45, 2.75) is 25.8 Å². The van der Waals surface area contributed by atoms with E-state index in [-0.39, 0.29) is 18.2 Å². The lowest BCUT2D eigenvalue weighted by Gasteiger charge is -2.17. The van der Waals surface area contributed by atoms with Crippen LogP contribution in [0.4, 0.5) is 0 Å². The van der Waals surface area contributed by atoms with Gasteiger partial charge in [-0.2, -0.15) is 0 Å². The molecule has 1 aliphatic heterocycles. The highest BCUT2D eigenvalue weighted by molar-refractivity contribution is 5.91. The van der Waals surface area contributed by atoms with Gasteiger partial charge in [-0.15, -0.1) is 0 Å². The Balaban J connectivity index is 2.42. The monoisotopic (exact) mass is 272 g/mol. The number of carbonyl (C=O) groups is 3. The zero-order chi connectivity index (χ0) is 14.4. The highest BCUT2D eigenvalue weighted by Gasteiger charge is 2.34. The van der Waals surface area contributed by atoms with Crippen molar-refractivity contribution in [3.63, 3.8) is 0 Å². The maximum atomic E-state index is 11.8. The summed E-state index contributed by atoms with van der Waals surface area (Å²) in [5.41, 5.74) is 0. The minimum atomic E-state index is -1.09. The summed E-state index contributed by atoms with van der Waals surface area (Å²) >= 11 is 0. The number of rotatable bonds is 7. The maximum Gasteiger partial charge on any atom is 0.325 e. The first kappa shape index (κ1) is 15.4. The molecule has 2 unspecified atom stereocenters. The predicted octanol–water partition coefficient (Wildman–Crippen LogP) is -0.539. The van der Waals surface area contributed by atoms with Gasteiger partial charge in [0.2, 0.25) is 11.8 Å². The standard InChI is InChI=1S/C12H20N2O5/c1-8(12(17)18)13-11(16)9-6-10(15)14(7-9)4-3-5-19-2/h8-9H,3-7H2,1-2H3,(H,13,16)(H,17,18). The molecule has 1 aliphatic rings. The Bertz CT molecular complexity index is 358. The highest BCUT2D eigenvalue weighted by Crippen LogP contribution is 2.18. The third-order valence-corrected chi connectivity index (χ3v) is 3.09. The van der Waals surface area contributed by atoms with Gasteiger partial charge in [0.1, 0.15) is 6.04 Å². The van der Waals surface area contributed by atoms with Gasteiger partial charge in [0.15, 0.2) is 0 Å². The van der Waals surface area contributed by atoms with Crippen molar-refractivity contribution in [1.29, 1.82) is 0 Å². The fourth-order valence-electron chi connectivity index (χ4n) is 1.96. The summed E-state index contributed by atoms with van der Waals surface area (Å²) < 4.78 is 4.91. The molecule has 19 heavy (non-hydrogen) atoms. The molecular formula is C12H20N2O5. The number of aliphatic carboxylic acids is 1. The molecule has 2 atom stereocenters. The number of carboxylic acids is 1. The molecule has 2 N–H and O–H groups in total. The van der Waals surface area contributed by atoms with E-state index < -0.39 is 17.9 Å². The third-order valence-electron chi connectivity index (χ3n) is 3.09. The van der Waals surface area contributed by atoms with Crippen molar-refractivity contribution in [1.82, 2.24) is 10.2 Å². The second kappa shape index (κ2) is 7.08. The quantitative estimate of drug-likeness (QED) is 0.607. The predicted molar refractivity (Wildman–Crippen MR) is 66.4 cm³/mol. The fourth-order valence-corrected chi connectivity index (χ4v) is 1.96. The molecule has 7 nitrogen and oxygen atoms in total. The van der Waals surface area contributed by atoms with Crippen LogP contribution in [0.3, 0.4) is 0 Å². The Morgan fingerprint density at radius 1 is 1.58 bits per heavy atom. The van der Waals surface area contributed by atoms with Crippen molar-refractivity contribution < 1.29 is 24.2 Å². The average molecular weight is 272 g/mol.